The molecule has 3 heteroatoms. The van der Waals surface area contributed by atoms with E-state index >= 15 is 0 Å². The average molecular weight is 206 g/mol. The molecule has 0 aliphatic rings. The van der Waals surface area contributed by atoms with E-state index in [-0.39, 0.29) is 5.41 Å². The van der Waals surface area contributed by atoms with Crippen molar-refractivity contribution in [3.63, 3.8) is 0 Å². The highest BCUT2D eigenvalue weighted by molar-refractivity contribution is 5.92. The minimum atomic E-state index is -0.427. The van der Waals surface area contributed by atoms with Crippen LogP contribution in [0.15, 0.2) is 18.3 Å². The summed E-state index contributed by atoms with van der Waals surface area (Å²) in [7, 11) is 0. The summed E-state index contributed by atoms with van der Waals surface area (Å²) < 4.78 is 0. The zero-order chi connectivity index (χ0) is 11.5. The molecule has 2 N–H and O–H groups in total. The molecule has 0 aliphatic heterocycles. The Morgan fingerprint density at radius 2 is 2.00 bits per heavy atom. The molecule has 0 saturated carbocycles. The lowest BCUT2D eigenvalue weighted by atomic mass is 9.81. The van der Waals surface area contributed by atoms with Crippen LogP contribution in [0.4, 0.5) is 0 Å². The molecular weight excluding hydrogens is 188 g/mol. The predicted octanol–water partition coefficient (Wildman–Crippen LogP) is 2.26. The first-order valence-electron chi connectivity index (χ1n) is 5.30. The van der Waals surface area contributed by atoms with Crippen molar-refractivity contribution in [2.75, 3.05) is 0 Å². The lowest BCUT2D eigenvalue weighted by Crippen LogP contribution is -2.21. The second kappa shape index (κ2) is 4.43. The zero-order valence-electron chi connectivity index (χ0n) is 9.58. The third-order valence-electron chi connectivity index (χ3n) is 3.23. The molecule has 0 aliphatic carbocycles. The SMILES string of the molecule is CCC(C)(CC)c1ccc(C(N)=O)cn1. The van der Waals surface area contributed by atoms with Crippen LogP contribution in [-0.2, 0) is 5.41 Å². The monoisotopic (exact) mass is 206 g/mol. The molecule has 1 heterocycles. The quantitative estimate of drug-likeness (QED) is 0.821. The van der Waals surface area contributed by atoms with Gasteiger partial charge in [-0.15, -0.1) is 0 Å². The van der Waals surface area contributed by atoms with E-state index in [1.807, 2.05) is 6.07 Å². The molecule has 1 aromatic rings. The average Bonchev–Trinajstić information content (AvgIpc) is 2.28. The van der Waals surface area contributed by atoms with Crippen LogP contribution in [-0.4, -0.2) is 10.9 Å². The largest absolute Gasteiger partial charge is 0.366 e. The number of primary amides is 1. The Balaban J connectivity index is 3.02. The maximum atomic E-state index is 10.9. The van der Waals surface area contributed by atoms with E-state index in [1.165, 1.54) is 0 Å². The molecule has 1 rings (SSSR count). The maximum absolute atomic E-state index is 10.9. The number of rotatable bonds is 4. The Hall–Kier alpha value is -1.38. The molecule has 0 bridgehead atoms. The third-order valence-corrected chi connectivity index (χ3v) is 3.23. The van der Waals surface area contributed by atoms with E-state index in [0.717, 1.165) is 18.5 Å². The van der Waals surface area contributed by atoms with Crippen LogP contribution in [0.5, 0.6) is 0 Å². The third kappa shape index (κ3) is 2.35. The van der Waals surface area contributed by atoms with Crippen molar-refractivity contribution < 1.29 is 4.79 Å². The summed E-state index contributed by atoms with van der Waals surface area (Å²) in [5.74, 6) is -0.427. The minimum absolute atomic E-state index is 0.0934. The second-order valence-electron chi connectivity index (χ2n) is 4.06. The van der Waals surface area contributed by atoms with Crippen molar-refractivity contribution in [2.24, 2.45) is 5.73 Å². The Bertz CT molecular complexity index is 339. The first-order valence-corrected chi connectivity index (χ1v) is 5.30. The van der Waals surface area contributed by atoms with Gasteiger partial charge >= 0.3 is 0 Å². The van der Waals surface area contributed by atoms with Crippen LogP contribution in [0.2, 0.25) is 0 Å². The van der Waals surface area contributed by atoms with Gasteiger partial charge in [0.1, 0.15) is 0 Å². The van der Waals surface area contributed by atoms with Gasteiger partial charge in [-0.05, 0) is 25.0 Å². The molecule has 1 aromatic heterocycles. The Morgan fingerprint density at radius 1 is 1.40 bits per heavy atom. The topological polar surface area (TPSA) is 56.0 Å². The summed E-state index contributed by atoms with van der Waals surface area (Å²) in [6.07, 6.45) is 3.63. The smallest absolute Gasteiger partial charge is 0.250 e. The number of nitrogens with zero attached hydrogens (tertiary/aromatic N) is 1. The predicted molar refractivity (Wildman–Crippen MR) is 60.7 cm³/mol. The van der Waals surface area contributed by atoms with Crippen LogP contribution >= 0.6 is 0 Å². The molecule has 0 spiro atoms. The van der Waals surface area contributed by atoms with E-state index in [9.17, 15) is 4.79 Å². The summed E-state index contributed by atoms with van der Waals surface area (Å²) in [4.78, 5) is 15.2. The van der Waals surface area contributed by atoms with Crippen LogP contribution in [0, 0.1) is 0 Å². The fraction of sp³-hybridized carbons (Fsp3) is 0.500. The van der Waals surface area contributed by atoms with Gasteiger partial charge in [-0.2, -0.15) is 0 Å². The van der Waals surface area contributed by atoms with Crippen molar-refractivity contribution in [3.8, 4) is 0 Å². The number of aromatic nitrogens is 1. The fourth-order valence-electron chi connectivity index (χ4n) is 1.51. The number of carbonyl (C=O) groups is 1. The highest BCUT2D eigenvalue weighted by Gasteiger charge is 2.23. The van der Waals surface area contributed by atoms with Crippen molar-refractivity contribution in [2.45, 2.75) is 39.0 Å². The first-order chi connectivity index (χ1) is 7.03. The maximum Gasteiger partial charge on any atom is 0.250 e. The molecule has 0 fully saturated rings. The molecular formula is C12H18N2O. The molecule has 82 valence electrons. The molecule has 0 atom stereocenters. The number of amides is 1. The van der Waals surface area contributed by atoms with Gasteiger partial charge in [-0.3, -0.25) is 9.78 Å². The van der Waals surface area contributed by atoms with Crippen LogP contribution < -0.4 is 5.73 Å². The number of nitrogens with two attached hydrogens (primary N) is 1. The van der Waals surface area contributed by atoms with Crippen molar-refractivity contribution in [3.05, 3.63) is 29.6 Å². The number of pyridine rings is 1. The summed E-state index contributed by atoms with van der Waals surface area (Å²) in [6, 6.07) is 3.64. The minimum Gasteiger partial charge on any atom is -0.366 e. The lowest BCUT2D eigenvalue weighted by molar-refractivity contribution is 0.1000. The summed E-state index contributed by atoms with van der Waals surface area (Å²) in [6.45, 7) is 6.47. The molecule has 0 radical (unpaired) electrons. The normalized spacial score (nSPS) is 11.4. The summed E-state index contributed by atoms with van der Waals surface area (Å²) >= 11 is 0. The van der Waals surface area contributed by atoms with Crippen molar-refractivity contribution >= 4 is 5.91 Å². The van der Waals surface area contributed by atoms with E-state index < -0.39 is 5.91 Å². The van der Waals surface area contributed by atoms with Gasteiger partial charge in [0.15, 0.2) is 0 Å². The number of carbonyl (C=O) groups excluding carboxylic acids is 1. The zero-order valence-corrected chi connectivity index (χ0v) is 9.58. The van der Waals surface area contributed by atoms with Crippen LogP contribution in [0.25, 0.3) is 0 Å². The Kier molecular flexibility index (Phi) is 3.45. The van der Waals surface area contributed by atoms with Gasteiger partial charge < -0.3 is 5.73 Å². The highest BCUT2D eigenvalue weighted by atomic mass is 16.1. The van der Waals surface area contributed by atoms with Gasteiger partial charge in [0.05, 0.1) is 5.56 Å². The highest BCUT2D eigenvalue weighted by Crippen LogP contribution is 2.29. The molecule has 0 unspecified atom stereocenters. The first kappa shape index (κ1) is 11.7. The van der Waals surface area contributed by atoms with E-state index in [0.29, 0.717) is 5.56 Å². The van der Waals surface area contributed by atoms with Gasteiger partial charge in [-0.1, -0.05) is 20.8 Å². The van der Waals surface area contributed by atoms with Gasteiger partial charge in [0, 0.05) is 17.3 Å². The Labute approximate surface area is 90.7 Å². The number of hydrogen-bond donors (Lipinski definition) is 1. The lowest BCUT2D eigenvalue weighted by Gasteiger charge is -2.25. The van der Waals surface area contributed by atoms with Crippen molar-refractivity contribution in [1.82, 2.24) is 4.98 Å². The van der Waals surface area contributed by atoms with E-state index in [2.05, 4.69) is 25.8 Å². The van der Waals surface area contributed by atoms with Crippen LogP contribution in [0.1, 0.15) is 49.7 Å². The molecule has 0 saturated heterocycles. The van der Waals surface area contributed by atoms with Crippen LogP contribution in [0.3, 0.4) is 0 Å². The molecule has 1 amide bonds. The second-order valence-corrected chi connectivity index (χ2v) is 4.06. The van der Waals surface area contributed by atoms with Crippen molar-refractivity contribution in [1.29, 1.82) is 0 Å². The standard InChI is InChI=1S/C12H18N2O/c1-4-12(3,5-2)10-7-6-9(8-14-10)11(13)15/h6-8H,4-5H2,1-3H3,(H2,13,15). The van der Waals surface area contributed by atoms with E-state index in [1.54, 1.807) is 12.3 Å². The van der Waals surface area contributed by atoms with Gasteiger partial charge in [-0.25, -0.2) is 0 Å². The Morgan fingerprint density at radius 3 is 2.33 bits per heavy atom. The molecule has 3 nitrogen and oxygen atoms in total. The molecule has 0 aromatic carbocycles. The molecule has 15 heavy (non-hydrogen) atoms. The van der Waals surface area contributed by atoms with Gasteiger partial charge in [0.2, 0.25) is 5.91 Å². The van der Waals surface area contributed by atoms with E-state index in [4.69, 9.17) is 5.73 Å². The summed E-state index contributed by atoms with van der Waals surface area (Å²) in [5, 5.41) is 0. The fourth-order valence-corrected chi connectivity index (χ4v) is 1.51. The number of hydrogen-bond acceptors (Lipinski definition) is 2. The van der Waals surface area contributed by atoms with Gasteiger partial charge in [0.25, 0.3) is 0 Å². The summed E-state index contributed by atoms with van der Waals surface area (Å²) in [5.41, 5.74) is 6.74.